The number of aliphatic hydroxyl groups is 1. The van der Waals surface area contributed by atoms with Gasteiger partial charge in [0.05, 0.1) is 24.2 Å². The van der Waals surface area contributed by atoms with Crippen molar-refractivity contribution >= 4 is 19.7 Å². The van der Waals surface area contributed by atoms with Crippen molar-refractivity contribution in [2.45, 2.75) is 77.1 Å². The van der Waals surface area contributed by atoms with Gasteiger partial charge in [-0.05, 0) is 73.2 Å². The average Bonchev–Trinajstić information content (AvgIpc) is 3.60. The summed E-state index contributed by atoms with van der Waals surface area (Å²) < 4.78 is 44.0. The van der Waals surface area contributed by atoms with Crippen molar-refractivity contribution in [3.05, 3.63) is 125 Å². The Bertz CT molecular complexity index is 1860. The van der Waals surface area contributed by atoms with Crippen LogP contribution in [-0.2, 0) is 41.1 Å². The van der Waals surface area contributed by atoms with Crippen LogP contribution in [0, 0.1) is 5.41 Å². The zero-order chi connectivity index (χ0) is 37.0. The third kappa shape index (κ3) is 8.59. The molecule has 2 aliphatic rings. The van der Waals surface area contributed by atoms with E-state index in [1.54, 1.807) is 52.0 Å². The maximum absolute atomic E-state index is 14.0. The smallest absolute Gasteiger partial charge is 0.407 e. The molecule has 11 heteroatoms. The lowest BCUT2D eigenvalue weighted by Crippen LogP contribution is -2.49. The van der Waals surface area contributed by atoms with Crippen LogP contribution in [-0.4, -0.2) is 60.9 Å². The van der Waals surface area contributed by atoms with Crippen molar-refractivity contribution in [2.24, 2.45) is 5.41 Å². The molecular weight excluding hydrogens is 681 g/mol. The molecule has 1 aliphatic heterocycles. The lowest BCUT2D eigenvalue weighted by Gasteiger charge is -2.30. The first-order valence-corrected chi connectivity index (χ1v) is 19.5. The van der Waals surface area contributed by atoms with E-state index in [0.29, 0.717) is 12.0 Å². The van der Waals surface area contributed by atoms with Crippen LogP contribution in [0.25, 0.3) is 11.1 Å². The largest absolute Gasteiger partial charge is 0.462 e. The first kappa shape index (κ1) is 37.3. The number of ether oxygens (including phenoxy) is 3. The third-order valence-corrected chi connectivity index (χ3v) is 10.5. The van der Waals surface area contributed by atoms with Crippen LogP contribution in [0.4, 0.5) is 4.79 Å². The van der Waals surface area contributed by atoms with Gasteiger partial charge in [-0.1, -0.05) is 91.0 Å². The molecule has 4 aromatic carbocycles. The number of carbonyl (C=O) groups is 2. The zero-order valence-electron chi connectivity index (χ0n) is 30.1. The molecule has 1 heterocycles. The number of fused-ring (bicyclic) bond motifs is 3. The Balaban J connectivity index is 1.26. The predicted molar refractivity (Wildman–Crippen MR) is 197 cm³/mol. The quantitative estimate of drug-likeness (QED) is 0.112. The van der Waals surface area contributed by atoms with Gasteiger partial charge >= 0.3 is 19.7 Å². The Morgan fingerprint density at radius 3 is 2.06 bits per heavy atom. The Kier molecular flexibility index (Phi) is 11.2. The summed E-state index contributed by atoms with van der Waals surface area (Å²) in [7, 11) is -3.85. The van der Waals surface area contributed by atoms with Crippen LogP contribution in [0.2, 0.25) is 0 Å². The normalized spacial score (nSPS) is 21.3. The summed E-state index contributed by atoms with van der Waals surface area (Å²) in [5.74, 6) is -0.400. The Hall–Kier alpha value is -4.47. The van der Waals surface area contributed by atoms with E-state index >= 15 is 0 Å². The van der Waals surface area contributed by atoms with E-state index in [9.17, 15) is 19.3 Å². The molecule has 0 saturated carbocycles. The molecular formula is C41H46NO9P. The fraction of sp³-hybridized carbons (Fsp3) is 0.366. The number of esters is 1. The average molecular weight is 728 g/mol. The van der Waals surface area contributed by atoms with Gasteiger partial charge in [-0.25, -0.2) is 9.36 Å². The minimum absolute atomic E-state index is 0.151. The van der Waals surface area contributed by atoms with Crippen molar-refractivity contribution in [1.29, 1.82) is 0 Å². The fourth-order valence-corrected chi connectivity index (χ4v) is 8.10. The zero-order valence-corrected chi connectivity index (χ0v) is 31.0. The molecule has 1 aliphatic carbocycles. The first-order chi connectivity index (χ1) is 24.8. The number of carbonyl (C=O) groups excluding carboxylic acids is 2. The van der Waals surface area contributed by atoms with Gasteiger partial charge in [-0.2, -0.15) is 0 Å². The highest BCUT2D eigenvalue weighted by atomic mass is 31.2. The summed E-state index contributed by atoms with van der Waals surface area (Å²) >= 11 is 0. The van der Waals surface area contributed by atoms with Gasteiger partial charge in [0.1, 0.15) is 30.7 Å². The van der Waals surface area contributed by atoms with E-state index in [0.717, 1.165) is 27.8 Å². The molecule has 4 aromatic rings. The van der Waals surface area contributed by atoms with E-state index in [1.165, 1.54) is 6.66 Å². The highest BCUT2D eigenvalue weighted by Gasteiger charge is 2.49. The van der Waals surface area contributed by atoms with E-state index < -0.39 is 55.5 Å². The standard InChI is InChI=1S/C41H46NO9P/c1-26-37(38(35(48-26)25-47-39(44)41(2,3)4)51-52(5,46)50-29-21-19-28(24-43)20-22-29)42-40(45)49-34(23-27-13-7-6-8-14-27)36-32-17-11-9-15-30(32)31-16-10-12-18-33(31)36/h6-22,26,34-38,43H,23-25H2,1-5H3,(H,42,45)/t26-,34?,35+,37?,38?,52?/m0/s1. The Morgan fingerprint density at radius 1 is 0.865 bits per heavy atom. The van der Waals surface area contributed by atoms with Crippen LogP contribution >= 0.6 is 7.60 Å². The number of hydrogen-bond donors (Lipinski definition) is 2. The van der Waals surface area contributed by atoms with Gasteiger partial charge in [0.15, 0.2) is 0 Å². The number of nitrogens with one attached hydrogen (secondary N) is 1. The molecule has 1 amide bonds. The first-order valence-electron chi connectivity index (χ1n) is 17.5. The topological polar surface area (TPSA) is 130 Å². The second-order valence-electron chi connectivity index (χ2n) is 14.4. The van der Waals surface area contributed by atoms with E-state index in [-0.39, 0.29) is 24.9 Å². The summed E-state index contributed by atoms with van der Waals surface area (Å²) in [6, 6.07) is 31.9. The minimum atomic E-state index is -3.85. The molecule has 274 valence electrons. The molecule has 2 N–H and O–H groups in total. The molecule has 1 fully saturated rings. The van der Waals surface area contributed by atoms with Crippen molar-refractivity contribution < 1.29 is 42.5 Å². The molecule has 0 aromatic heterocycles. The second-order valence-corrected chi connectivity index (χ2v) is 16.4. The molecule has 6 rings (SSSR count). The monoisotopic (exact) mass is 727 g/mol. The summed E-state index contributed by atoms with van der Waals surface area (Å²) in [6.45, 7) is 7.96. The van der Waals surface area contributed by atoms with Crippen LogP contribution in [0.15, 0.2) is 103 Å². The maximum Gasteiger partial charge on any atom is 0.407 e. The van der Waals surface area contributed by atoms with Gasteiger partial charge in [-0.3, -0.25) is 9.32 Å². The molecule has 0 radical (unpaired) electrons. The molecule has 0 spiro atoms. The molecule has 1 saturated heterocycles. The van der Waals surface area contributed by atoms with Crippen molar-refractivity contribution in [1.82, 2.24) is 5.32 Å². The number of alkyl carbamates (subject to hydrolysis) is 1. The number of amides is 1. The summed E-state index contributed by atoms with van der Waals surface area (Å²) in [5.41, 5.74) is 5.27. The van der Waals surface area contributed by atoms with E-state index in [4.69, 9.17) is 23.3 Å². The highest BCUT2D eigenvalue weighted by molar-refractivity contribution is 7.53. The number of rotatable bonds is 12. The van der Waals surface area contributed by atoms with Gasteiger partial charge in [0.25, 0.3) is 0 Å². The second kappa shape index (κ2) is 15.6. The van der Waals surface area contributed by atoms with Crippen molar-refractivity contribution in [3.63, 3.8) is 0 Å². The predicted octanol–water partition coefficient (Wildman–Crippen LogP) is 7.66. The maximum atomic E-state index is 14.0. The summed E-state index contributed by atoms with van der Waals surface area (Å²) in [5, 5.41) is 12.4. The minimum Gasteiger partial charge on any atom is -0.462 e. The molecule has 6 atom stereocenters. The Morgan fingerprint density at radius 2 is 1.46 bits per heavy atom. The number of hydrogen-bond acceptors (Lipinski definition) is 9. The number of benzene rings is 4. The molecule has 52 heavy (non-hydrogen) atoms. The Labute approximate surface area is 304 Å². The summed E-state index contributed by atoms with van der Waals surface area (Å²) in [4.78, 5) is 26.8. The van der Waals surface area contributed by atoms with Gasteiger partial charge in [0, 0.05) is 19.0 Å². The van der Waals surface area contributed by atoms with Crippen LogP contribution in [0.5, 0.6) is 5.75 Å². The SMILES string of the molecule is C[C@@H]1O[C@H](COC(=O)C(C)(C)C)C(OP(C)(=O)Oc2ccc(CO)cc2)C1NC(=O)OC(Cc1ccccc1)C1c2ccccc2-c2ccccc21. The van der Waals surface area contributed by atoms with Gasteiger partial charge in [0.2, 0.25) is 0 Å². The van der Waals surface area contributed by atoms with Crippen LogP contribution in [0.1, 0.15) is 55.9 Å². The third-order valence-electron chi connectivity index (χ3n) is 9.37. The van der Waals surface area contributed by atoms with E-state index in [2.05, 4.69) is 29.6 Å². The molecule has 4 unspecified atom stereocenters. The molecule has 10 nitrogen and oxygen atoms in total. The van der Waals surface area contributed by atoms with Gasteiger partial charge in [-0.15, -0.1) is 0 Å². The van der Waals surface area contributed by atoms with Crippen LogP contribution < -0.4 is 9.84 Å². The summed E-state index contributed by atoms with van der Waals surface area (Å²) in [6.07, 6.45) is -3.39. The lowest BCUT2D eigenvalue weighted by atomic mass is 9.87. The van der Waals surface area contributed by atoms with Crippen LogP contribution in [0.3, 0.4) is 0 Å². The van der Waals surface area contributed by atoms with Crippen molar-refractivity contribution in [3.8, 4) is 16.9 Å². The number of aliphatic hydroxyl groups excluding tert-OH is 1. The van der Waals surface area contributed by atoms with Gasteiger partial charge < -0.3 is 29.2 Å². The van der Waals surface area contributed by atoms with Crippen molar-refractivity contribution in [2.75, 3.05) is 13.3 Å². The lowest BCUT2D eigenvalue weighted by molar-refractivity contribution is -0.158. The fourth-order valence-electron chi connectivity index (χ4n) is 6.84. The highest BCUT2D eigenvalue weighted by Crippen LogP contribution is 2.49. The van der Waals surface area contributed by atoms with E-state index in [1.807, 2.05) is 54.6 Å². The molecule has 0 bridgehead atoms.